The number of nitrogens with one attached hydrogen (secondary N) is 3. The standard InChI is InChI=1S/C33H34ClFN8O/c1-43(2)24-13-7-19(15-24)31(44)42-32(36)39-22-9-11-23(12-10-22)40-33-38-18-20-17-37-30(26-5-3-4-6-28(26)35)27-16-21(34)8-14-25(27)29(20)41-33/h3-6,8-12,14,16,18-19,24,32,39H,7,13,15,17,36H2,1-2H3,(H,42,44)(H,38,40,41). The van der Waals surface area contributed by atoms with Gasteiger partial charge in [-0.3, -0.25) is 15.5 Å². The largest absolute Gasteiger partial charge is 0.353 e. The number of benzene rings is 3. The van der Waals surface area contributed by atoms with Crippen LogP contribution in [0.3, 0.4) is 0 Å². The van der Waals surface area contributed by atoms with Gasteiger partial charge in [0.2, 0.25) is 11.9 Å². The minimum atomic E-state index is -0.710. The Hall–Kier alpha value is -4.38. The molecule has 0 radical (unpaired) electrons. The van der Waals surface area contributed by atoms with Crippen molar-refractivity contribution in [2.75, 3.05) is 24.7 Å². The van der Waals surface area contributed by atoms with Crippen LogP contribution in [0.15, 0.2) is 77.9 Å². The molecule has 226 valence electrons. The lowest BCUT2D eigenvalue weighted by molar-refractivity contribution is -0.125. The van der Waals surface area contributed by atoms with E-state index in [0.29, 0.717) is 46.1 Å². The first kappa shape index (κ1) is 29.7. The fourth-order valence-corrected chi connectivity index (χ4v) is 5.97. The van der Waals surface area contributed by atoms with Crippen molar-refractivity contribution in [3.63, 3.8) is 0 Å². The molecule has 44 heavy (non-hydrogen) atoms. The maximum Gasteiger partial charge on any atom is 0.227 e. The summed E-state index contributed by atoms with van der Waals surface area (Å²) in [6, 6.07) is 19.9. The summed E-state index contributed by atoms with van der Waals surface area (Å²) in [5.41, 5.74) is 11.6. The van der Waals surface area contributed by atoms with Gasteiger partial charge in [-0.1, -0.05) is 29.8 Å². The highest BCUT2D eigenvalue weighted by molar-refractivity contribution is 6.31. The highest BCUT2D eigenvalue weighted by atomic mass is 35.5. The fraction of sp³-hybridized carbons (Fsp3) is 0.273. The van der Waals surface area contributed by atoms with Crippen molar-refractivity contribution in [2.24, 2.45) is 16.6 Å². The summed E-state index contributed by atoms with van der Waals surface area (Å²) in [7, 11) is 4.09. The normalized spacial score (nSPS) is 18.1. The first-order chi connectivity index (χ1) is 21.2. The Labute approximate surface area is 260 Å². The SMILES string of the molecule is CN(C)C1CCC(C(=O)NC(N)Nc2ccc(Nc3ncc4c(n3)-c3ccc(Cl)cc3C(c3ccccc3F)=NC4)cc2)C1. The van der Waals surface area contributed by atoms with Gasteiger partial charge in [-0.2, -0.15) is 0 Å². The average Bonchev–Trinajstić information content (AvgIpc) is 3.46. The maximum absolute atomic E-state index is 14.8. The Kier molecular flexibility index (Phi) is 8.56. The van der Waals surface area contributed by atoms with Crippen LogP contribution in [0.1, 0.15) is 36.0 Å². The molecule has 0 spiro atoms. The van der Waals surface area contributed by atoms with Gasteiger partial charge >= 0.3 is 0 Å². The maximum atomic E-state index is 14.8. The molecule has 1 aromatic heterocycles. The van der Waals surface area contributed by atoms with E-state index in [1.54, 1.807) is 36.5 Å². The molecule has 1 amide bonds. The summed E-state index contributed by atoms with van der Waals surface area (Å²) >= 11 is 6.37. The Morgan fingerprint density at radius 2 is 1.80 bits per heavy atom. The van der Waals surface area contributed by atoms with Gasteiger partial charge in [0, 0.05) is 56.8 Å². The number of aliphatic imine (C=N–C) groups is 1. The summed E-state index contributed by atoms with van der Waals surface area (Å²) in [4.78, 5) is 29.0. The van der Waals surface area contributed by atoms with Crippen molar-refractivity contribution in [1.29, 1.82) is 0 Å². The van der Waals surface area contributed by atoms with Gasteiger partial charge < -0.3 is 20.9 Å². The predicted octanol–water partition coefficient (Wildman–Crippen LogP) is 5.53. The summed E-state index contributed by atoms with van der Waals surface area (Å²) in [5, 5.41) is 9.79. The van der Waals surface area contributed by atoms with Gasteiger partial charge in [0.15, 0.2) is 6.29 Å². The molecular weight excluding hydrogens is 579 g/mol. The Morgan fingerprint density at radius 3 is 2.55 bits per heavy atom. The first-order valence-electron chi connectivity index (χ1n) is 14.6. The van der Waals surface area contributed by atoms with Gasteiger partial charge in [-0.25, -0.2) is 14.4 Å². The highest BCUT2D eigenvalue weighted by Gasteiger charge is 2.31. The molecule has 3 atom stereocenters. The van der Waals surface area contributed by atoms with E-state index in [4.69, 9.17) is 27.3 Å². The number of nitrogens with zero attached hydrogens (tertiary/aromatic N) is 4. The van der Waals surface area contributed by atoms with E-state index in [-0.39, 0.29) is 17.6 Å². The van der Waals surface area contributed by atoms with Crippen molar-refractivity contribution in [2.45, 2.75) is 38.1 Å². The molecular formula is C33H34ClFN8O. The molecule has 1 aliphatic heterocycles. The molecule has 0 saturated heterocycles. The molecule has 6 rings (SSSR count). The molecule has 1 saturated carbocycles. The van der Waals surface area contributed by atoms with E-state index in [0.717, 1.165) is 41.8 Å². The second-order valence-corrected chi connectivity index (χ2v) is 11.8. The second-order valence-electron chi connectivity index (χ2n) is 11.4. The molecule has 2 heterocycles. The van der Waals surface area contributed by atoms with Crippen molar-refractivity contribution < 1.29 is 9.18 Å². The number of aromatic nitrogens is 2. The van der Waals surface area contributed by atoms with E-state index < -0.39 is 6.29 Å². The molecule has 5 N–H and O–H groups in total. The van der Waals surface area contributed by atoms with Crippen LogP contribution in [-0.4, -0.2) is 52.9 Å². The highest BCUT2D eigenvalue weighted by Crippen LogP contribution is 2.34. The minimum Gasteiger partial charge on any atom is -0.353 e. The van der Waals surface area contributed by atoms with Crippen LogP contribution in [0.25, 0.3) is 11.3 Å². The molecule has 4 aromatic rings. The molecule has 9 nitrogen and oxygen atoms in total. The lowest BCUT2D eigenvalue weighted by Crippen LogP contribution is -2.49. The topological polar surface area (TPSA) is 121 Å². The van der Waals surface area contributed by atoms with Gasteiger partial charge in [-0.15, -0.1) is 0 Å². The summed E-state index contributed by atoms with van der Waals surface area (Å²) in [6.45, 7) is 0.291. The number of nitrogens with two attached hydrogens (primary N) is 1. The molecule has 3 aromatic carbocycles. The van der Waals surface area contributed by atoms with Crippen molar-refractivity contribution in [3.05, 3.63) is 100 Å². The molecule has 11 heteroatoms. The van der Waals surface area contributed by atoms with Crippen molar-refractivity contribution >= 4 is 40.5 Å². The number of carbonyl (C=O) groups is 1. The zero-order chi connectivity index (χ0) is 30.8. The quantitative estimate of drug-likeness (QED) is 0.193. The first-order valence-corrected chi connectivity index (χ1v) is 14.9. The smallest absolute Gasteiger partial charge is 0.227 e. The summed E-state index contributed by atoms with van der Waals surface area (Å²) < 4.78 is 14.8. The lowest BCUT2D eigenvalue weighted by Gasteiger charge is -2.21. The number of halogens is 2. The lowest BCUT2D eigenvalue weighted by atomic mass is 9.95. The monoisotopic (exact) mass is 612 g/mol. The fourth-order valence-electron chi connectivity index (χ4n) is 5.80. The number of fused-ring (bicyclic) bond motifs is 3. The number of anilines is 3. The van der Waals surface area contributed by atoms with Crippen molar-refractivity contribution in [3.8, 4) is 11.3 Å². The Morgan fingerprint density at radius 1 is 1.02 bits per heavy atom. The zero-order valence-electron chi connectivity index (χ0n) is 24.5. The van der Waals surface area contributed by atoms with Crippen LogP contribution < -0.4 is 21.7 Å². The summed E-state index contributed by atoms with van der Waals surface area (Å²) in [6.07, 6.45) is 3.75. The summed E-state index contributed by atoms with van der Waals surface area (Å²) in [5.74, 6) is -0.00586. The van der Waals surface area contributed by atoms with Crippen LogP contribution in [0.5, 0.6) is 0 Å². The molecule has 1 fully saturated rings. The van der Waals surface area contributed by atoms with Gasteiger partial charge in [0.1, 0.15) is 5.82 Å². The van der Waals surface area contributed by atoms with E-state index in [9.17, 15) is 9.18 Å². The molecule has 3 unspecified atom stereocenters. The van der Waals surface area contributed by atoms with E-state index in [1.165, 1.54) is 6.07 Å². The average molecular weight is 613 g/mol. The minimum absolute atomic E-state index is 0.0238. The molecule has 0 bridgehead atoms. The predicted molar refractivity (Wildman–Crippen MR) is 173 cm³/mol. The van der Waals surface area contributed by atoms with Crippen LogP contribution in [-0.2, 0) is 11.3 Å². The van der Waals surface area contributed by atoms with Crippen LogP contribution in [0.4, 0.5) is 21.7 Å². The van der Waals surface area contributed by atoms with Crippen molar-refractivity contribution in [1.82, 2.24) is 20.2 Å². The van der Waals surface area contributed by atoms with E-state index in [1.807, 2.05) is 44.4 Å². The van der Waals surface area contributed by atoms with Crippen LogP contribution in [0.2, 0.25) is 5.02 Å². The number of hydrogen-bond donors (Lipinski definition) is 4. The van der Waals surface area contributed by atoms with E-state index in [2.05, 4.69) is 25.8 Å². The second kappa shape index (κ2) is 12.7. The van der Waals surface area contributed by atoms with E-state index >= 15 is 0 Å². The third-order valence-electron chi connectivity index (χ3n) is 8.16. The number of rotatable bonds is 8. The zero-order valence-corrected chi connectivity index (χ0v) is 25.3. The van der Waals surface area contributed by atoms with Gasteiger partial charge in [0.25, 0.3) is 0 Å². The third-order valence-corrected chi connectivity index (χ3v) is 8.39. The van der Waals surface area contributed by atoms with Gasteiger partial charge in [-0.05, 0) is 81.9 Å². The van der Waals surface area contributed by atoms with Crippen LogP contribution in [0, 0.1) is 11.7 Å². The number of hydrogen-bond acceptors (Lipinski definition) is 8. The van der Waals surface area contributed by atoms with Gasteiger partial charge in [0.05, 0.1) is 18.0 Å². The Balaban J connectivity index is 1.15. The number of amides is 1. The third kappa shape index (κ3) is 6.42. The molecule has 2 aliphatic rings. The van der Waals surface area contributed by atoms with Crippen LogP contribution >= 0.6 is 11.6 Å². The Bertz CT molecular complexity index is 1710. The molecule has 1 aliphatic carbocycles. The number of carbonyl (C=O) groups excluding carboxylic acids is 1.